The lowest BCUT2D eigenvalue weighted by Crippen LogP contribution is -1.89. The third-order valence-corrected chi connectivity index (χ3v) is 2.64. The van der Waals surface area contributed by atoms with Gasteiger partial charge in [-0.2, -0.15) is 0 Å². The summed E-state index contributed by atoms with van der Waals surface area (Å²) in [6.45, 7) is 4.39. The maximum Gasteiger partial charge on any atom is 0.231 e. The third-order valence-electron chi connectivity index (χ3n) is 2.41. The van der Waals surface area contributed by atoms with Crippen LogP contribution in [0.5, 0.6) is 0 Å². The second-order valence-corrected chi connectivity index (χ2v) is 4.18. The van der Waals surface area contributed by atoms with Crippen molar-refractivity contribution in [2.24, 2.45) is 5.41 Å². The average Bonchev–Trinajstić information content (AvgIpc) is 2.52. The number of nitrogens with zero attached hydrogens (tertiary/aromatic N) is 2. The minimum Gasteiger partial charge on any atom is -0.424 e. The maximum absolute atomic E-state index is 5.54. The molecule has 3 nitrogen and oxygen atoms in total. The molecule has 0 radical (unpaired) electrons. The van der Waals surface area contributed by atoms with Gasteiger partial charge in [-0.15, -0.1) is 21.8 Å². The molecule has 0 N–H and O–H groups in total. The zero-order chi connectivity index (χ0) is 8.77. The summed E-state index contributed by atoms with van der Waals surface area (Å²) in [7, 11) is 0. The first-order chi connectivity index (χ1) is 5.63. The summed E-state index contributed by atoms with van der Waals surface area (Å²) < 4.78 is 5.34. The highest BCUT2D eigenvalue weighted by Crippen LogP contribution is 2.58. The molecular weight excluding hydrogens is 176 g/mol. The van der Waals surface area contributed by atoms with E-state index in [0.717, 1.165) is 12.3 Å². The van der Waals surface area contributed by atoms with Crippen molar-refractivity contribution in [3.8, 4) is 0 Å². The van der Waals surface area contributed by atoms with Gasteiger partial charge in [-0.3, -0.25) is 0 Å². The highest BCUT2D eigenvalue weighted by molar-refractivity contribution is 6.16. The van der Waals surface area contributed by atoms with Crippen molar-refractivity contribution in [1.82, 2.24) is 10.2 Å². The molecule has 0 aromatic carbocycles. The number of halogens is 1. The lowest BCUT2D eigenvalue weighted by molar-refractivity contribution is 0.444. The van der Waals surface area contributed by atoms with Gasteiger partial charge in [0.1, 0.15) is 5.88 Å². The van der Waals surface area contributed by atoms with Crippen molar-refractivity contribution in [3.05, 3.63) is 11.8 Å². The van der Waals surface area contributed by atoms with Gasteiger partial charge in [0.25, 0.3) is 0 Å². The second-order valence-electron chi connectivity index (χ2n) is 3.91. The topological polar surface area (TPSA) is 38.9 Å². The van der Waals surface area contributed by atoms with Gasteiger partial charge in [-0.25, -0.2) is 0 Å². The summed E-state index contributed by atoms with van der Waals surface area (Å²) >= 11 is 5.54. The van der Waals surface area contributed by atoms with Crippen molar-refractivity contribution in [3.63, 3.8) is 0 Å². The van der Waals surface area contributed by atoms with Gasteiger partial charge >= 0.3 is 0 Å². The zero-order valence-corrected chi connectivity index (χ0v) is 7.93. The smallest absolute Gasteiger partial charge is 0.231 e. The molecule has 1 aromatic rings. The number of rotatable bonds is 2. The highest BCUT2D eigenvalue weighted by atomic mass is 35.5. The lowest BCUT2D eigenvalue weighted by atomic mass is 10.1. The van der Waals surface area contributed by atoms with Crippen LogP contribution in [0, 0.1) is 5.41 Å². The Balaban J connectivity index is 2.15. The number of hydrogen-bond donors (Lipinski definition) is 0. The summed E-state index contributed by atoms with van der Waals surface area (Å²) in [4.78, 5) is 0. The highest BCUT2D eigenvalue weighted by Gasteiger charge is 2.50. The average molecular weight is 187 g/mol. The van der Waals surface area contributed by atoms with Crippen LogP contribution in [0.4, 0.5) is 0 Å². The third kappa shape index (κ3) is 1.22. The standard InChI is InChI=1S/C8H11ClN2O/c1-8(2)3-5(8)7-11-10-6(4-9)12-7/h5H,3-4H2,1-2H3. The van der Waals surface area contributed by atoms with Crippen molar-refractivity contribution in [2.45, 2.75) is 32.1 Å². The Morgan fingerprint density at radius 3 is 2.67 bits per heavy atom. The van der Waals surface area contributed by atoms with Gasteiger partial charge < -0.3 is 4.42 Å². The predicted molar refractivity (Wildman–Crippen MR) is 45.0 cm³/mol. The van der Waals surface area contributed by atoms with Crippen molar-refractivity contribution in [2.75, 3.05) is 0 Å². The minimum atomic E-state index is 0.306. The maximum atomic E-state index is 5.54. The molecule has 1 fully saturated rings. The molecule has 1 aliphatic rings. The molecule has 1 atom stereocenters. The van der Waals surface area contributed by atoms with Crippen molar-refractivity contribution in [1.29, 1.82) is 0 Å². The molecule has 0 bridgehead atoms. The fourth-order valence-electron chi connectivity index (χ4n) is 1.35. The van der Waals surface area contributed by atoms with Crippen LogP contribution in [0.2, 0.25) is 0 Å². The minimum absolute atomic E-state index is 0.306. The van der Waals surface area contributed by atoms with Crippen LogP contribution < -0.4 is 0 Å². The van der Waals surface area contributed by atoms with Crippen LogP contribution in [0.1, 0.15) is 38.0 Å². The van der Waals surface area contributed by atoms with Gasteiger partial charge in [0.2, 0.25) is 11.8 Å². The van der Waals surface area contributed by atoms with Crippen LogP contribution in [0.3, 0.4) is 0 Å². The van der Waals surface area contributed by atoms with E-state index in [1.165, 1.54) is 0 Å². The fourth-order valence-corrected chi connectivity index (χ4v) is 1.46. The molecule has 1 aromatic heterocycles. The number of hydrogen-bond acceptors (Lipinski definition) is 3. The Morgan fingerprint density at radius 2 is 2.25 bits per heavy atom. The van der Waals surface area contributed by atoms with Crippen molar-refractivity contribution >= 4 is 11.6 Å². The van der Waals surface area contributed by atoms with E-state index in [1.54, 1.807) is 0 Å². The first-order valence-corrected chi connectivity index (χ1v) is 4.55. The molecule has 1 saturated carbocycles. The molecule has 0 amide bonds. The van der Waals surface area contributed by atoms with Gasteiger partial charge in [0, 0.05) is 5.92 Å². The summed E-state index contributed by atoms with van der Waals surface area (Å²) in [6.07, 6.45) is 1.14. The van der Waals surface area contributed by atoms with E-state index in [4.69, 9.17) is 16.0 Å². The largest absolute Gasteiger partial charge is 0.424 e. The summed E-state index contributed by atoms with van der Waals surface area (Å²) in [5, 5.41) is 7.76. The zero-order valence-electron chi connectivity index (χ0n) is 7.17. The lowest BCUT2D eigenvalue weighted by Gasteiger charge is -1.95. The molecule has 12 heavy (non-hydrogen) atoms. The van der Waals surface area contributed by atoms with Crippen LogP contribution in [0.15, 0.2) is 4.42 Å². The summed E-state index contributed by atoms with van der Waals surface area (Å²) in [5.74, 6) is 2.02. The molecule has 0 saturated heterocycles. The van der Waals surface area contributed by atoms with Crippen molar-refractivity contribution < 1.29 is 4.42 Å². The van der Waals surface area contributed by atoms with Gasteiger partial charge in [-0.05, 0) is 11.8 Å². The number of aromatic nitrogens is 2. The summed E-state index contributed by atoms with van der Waals surface area (Å²) in [5.41, 5.74) is 0.343. The Labute approximate surface area is 76.1 Å². The van der Waals surface area contributed by atoms with E-state index in [9.17, 15) is 0 Å². The van der Waals surface area contributed by atoms with E-state index in [1.807, 2.05) is 0 Å². The first kappa shape index (κ1) is 8.05. The summed E-state index contributed by atoms with van der Waals surface area (Å²) in [6, 6.07) is 0. The first-order valence-electron chi connectivity index (χ1n) is 4.02. The molecule has 1 heterocycles. The van der Waals surface area contributed by atoms with E-state index in [2.05, 4.69) is 24.0 Å². The van der Waals surface area contributed by atoms with Crippen LogP contribution >= 0.6 is 11.6 Å². The Bertz CT molecular complexity index is 295. The van der Waals surface area contributed by atoms with Crippen LogP contribution in [-0.2, 0) is 5.88 Å². The Hall–Kier alpha value is -0.570. The second kappa shape index (κ2) is 2.46. The molecule has 1 unspecified atom stereocenters. The van der Waals surface area contributed by atoms with Crippen LogP contribution in [0.25, 0.3) is 0 Å². The fraction of sp³-hybridized carbons (Fsp3) is 0.750. The van der Waals surface area contributed by atoms with Gasteiger partial charge in [-0.1, -0.05) is 13.8 Å². The molecule has 2 rings (SSSR count). The predicted octanol–water partition coefficient (Wildman–Crippen LogP) is 2.32. The molecule has 4 heteroatoms. The monoisotopic (exact) mass is 186 g/mol. The molecule has 0 aliphatic heterocycles. The molecule has 66 valence electrons. The van der Waals surface area contributed by atoms with E-state index in [0.29, 0.717) is 23.1 Å². The van der Waals surface area contributed by atoms with E-state index >= 15 is 0 Å². The van der Waals surface area contributed by atoms with Gasteiger partial charge in [0.05, 0.1) is 0 Å². The molecule has 0 spiro atoms. The molecular formula is C8H11ClN2O. The molecule has 1 aliphatic carbocycles. The Kier molecular flexibility index (Phi) is 1.65. The van der Waals surface area contributed by atoms with E-state index < -0.39 is 0 Å². The Morgan fingerprint density at radius 1 is 1.58 bits per heavy atom. The van der Waals surface area contributed by atoms with E-state index in [-0.39, 0.29) is 0 Å². The SMILES string of the molecule is CC1(C)CC1c1nnc(CCl)o1. The van der Waals surface area contributed by atoms with Gasteiger partial charge in [0.15, 0.2) is 0 Å². The van der Waals surface area contributed by atoms with Crippen LogP contribution in [-0.4, -0.2) is 10.2 Å². The normalized spacial score (nSPS) is 25.8. The number of alkyl halides is 1. The quantitative estimate of drug-likeness (QED) is 0.666.